The Hall–Kier alpha value is -2.25. The van der Waals surface area contributed by atoms with Crippen LogP contribution in [-0.2, 0) is 20.9 Å². The molecule has 0 unspecified atom stereocenters. The highest BCUT2D eigenvalue weighted by Gasteiger charge is 2.64. The van der Waals surface area contributed by atoms with E-state index in [1.807, 2.05) is 20.8 Å². The fourth-order valence-electron chi connectivity index (χ4n) is 4.01. The van der Waals surface area contributed by atoms with Crippen molar-refractivity contribution in [1.29, 1.82) is 0 Å². The maximum Gasteiger partial charge on any atom is 0.242 e. The van der Waals surface area contributed by atoms with Crippen LogP contribution in [0.25, 0.3) is 0 Å². The fraction of sp³-hybridized carbons (Fsp3) is 0.706. The second-order valence-corrected chi connectivity index (χ2v) is 7.92. The highest BCUT2D eigenvalue weighted by atomic mass is 16.6. The molecule has 3 rings (SSSR count). The number of likely N-dealkylation sites (tertiary alicyclic amines) is 1. The highest BCUT2D eigenvalue weighted by molar-refractivity contribution is 6.06. The van der Waals surface area contributed by atoms with Crippen molar-refractivity contribution in [3.05, 3.63) is 11.4 Å². The second kappa shape index (κ2) is 5.64. The van der Waals surface area contributed by atoms with E-state index in [1.165, 1.54) is 4.90 Å². The third kappa shape index (κ3) is 2.46. The van der Waals surface area contributed by atoms with Gasteiger partial charge >= 0.3 is 0 Å². The average molecular weight is 348 g/mol. The SMILES string of the molecule is Cc1nonc1CN(C)C(=O)CN1C(=O)[C@@H]2CC[C@](C)(C1=O)C2(C)C. The third-order valence-electron chi connectivity index (χ3n) is 6.36. The molecule has 0 aromatic carbocycles. The molecule has 1 aliphatic carbocycles. The first kappa shape index (κ1) is 17.6. The van der Waals surface area contributed by atoms with E-state index in [9.17, 15) is 14.4 Å². The first-order valence-electron chi connectivity index (χ1n) is 8.47. The van der Waals surface area contributed by atoms with Gasteiger partial charge in [0.25, 0.3) is 0 Å². The summed E-state index contributed by atoms with van der Waals surface area (Å²) in [4.78, 5) is 40.9. The molecule has 25 heavy (non-hydrogen) atoms. The van der Waals surface area contributed by atoms with Gasteiger partial charge < -0.3 is 4.90 Å². The van der Waals surface area contributed by atoms with E-state index in [2.05, 4.69) is 14.9 Å². The summed E-state index contributed by atoms with van der Waals surface area (Å²) in [5, 5.41) is 7.43. The molecule has 2 atom stereocenters. The predicted molar refractivity (Wildman–Crippen MR) is 86.8 cm³/mol. The first-order chi connectivity index (χ1) is 11.6. The maximum absolute atomic E-state index is 13.0. The molecule has 0 N–H and O–H groups in total. The van der Waals surface area contributed by atoms with Gasteiger partial charge in [-0.25, -0.2) is 4.63 Å². The minimum absolute atomic E-state index is 0.213. The fourth-order valence-corrected chi connectivity index (χ4v) is 4.01. The molecule has 1 aromatic heterocycles. The van der Waals surface area contributed by atoms with E-state index in [0.717, 1.165) is 4.90 Å². The summed E-state index contributed by atoms with van der Waals surface area (Å²) in [6, 6.07) is 0. The molecule has 1 aliphatic heterocycles. The lowest BCUT2D eigenvalue weighted by Gasteiger charge is -2.47. The van der Waals surface area contributed by atoms with E-state index in [4.69, 9.17) is 0 Å². The van der Waals surface area contributed by atoms with Crippen LogP contribution in [0.4, 0.5) is 0 Å². The van der Waals surface area contributed by atoms with Crippen molar-refractivity contribution in [1.82, 2.24) is 20.1 Å². The van der Waals surface area contributed by atoms with Crippen LogP contribution in [0.3, 0.4) is 0 Å². The lowest BCUT2D eigenvalue weighted by atomic mass is 9.62. The summed E-state index contributed by atoms with van der Waals surface area (Å²) < 4.78 is 4.63. The molecule has 136 valence electrons. The van der Waals surface area contributed by atoms with E-state index in [0.29, 0.717) is 24.2 Å². The lowest BCUT2D eigenvalue weighted by Crippen LogP contribution is -2.60. The minimum Gasteiger partial charge on any atom is -0.338 e. The molecule has 2 fully saturated rings. The second-order valence-electron chi connectivity index (χ2n) is 7.92. The molecule has 2 aliphatic rings. The molecule has 8 heteroatoms. The van der Waals surface area contributed by atoms with Crippen LogP contribution >= 0.6 is 0 Å². The van der Waals surface area contributed by atoms with Gasteiger partial charge in [0, 0.05) is 13.0 Å². The van der Waals surface area contributed by atoms with Gasteiger partial charge in [-0.15, -0.1) is 0 Å². The van der Waals surface area contributed by atoms with Gasteiger partial charge in [0.05, 0.1) is 12.0 Å². The maximum atomic E-state index is 13.0. The van der Waals surface area contributed by atoms with Gasteiger partial charge in [0.15, 0.2) is 0 Å². The van der Waals surface area contributed by atoms with Crippen LogP contribution in [0.5, 0.6) is 0 Å². The van der Waals surface area contributed by atoms with Crippen LogP contribution in [0.2, 0.25) is 0 Å². The third-order valence-corrected chi connectivity index (χ3v) is 6.36. The number of carbonyl (C=O) groups excluding carboxylic acids is 3. The zero-order valence-corrected chi connectivity index (χ0v) is 15.3. The molecule has 1 saturated carbocycles. The summed E-state index contributed by atoms with van der Waals surface area (Å²) in [7, 11) is 1.61. The lowest BCUT2D eigenvalue weighted by molar-refractivity contribution is -0.170. The van der Waals surface area contributed by atoms with Crippen LogP contribution < -0.4 is 0 Å². The number of nitrogens with zero attached hydrogens (tertiary/aromatic N) is 4. The number of fused-ring (bicyclic) bond motifs is 2. The molecular weight excluding hydrogens is 324 g/mol. The van der Waals surface area contributed by atoms with E-state index in [-0.39, 0.29) is 42.1 Å². The summed E-state index contributed by atoms with van der Waals surface area (Å²) >= 11 is 0. The van der Waals surface area contributed by atoms with Crippen molar-refractivity contribution in [2.45, 2.75) is 47.1 Å². The van der Waals surface area contributed by atoms with Crippen molar-refractivity contribution >= 4 is 17.7 Å². The average Bonchev–Trinajstić information content (AvgIpc) is 3.02. The van der Waals surface area contributed by atoms with Crippen LogP contribution in [-0.4, -0.2) is 51.4 Å². The zero-order chi connectivity index (χ0) is 18.6. The number of amides is 3. The van der Waals surface area contributed by atoms with Crippen molar-refractivity contribution < 1.29 is 19.0 Å². The van der Waals surface area contributed by atoms with E-state index in [1.54, 1.807) is 14.0 Å². The Morgan fingerprint density at radius 3 is 2.60 bits per heavy atom. The Bertz CT molecular complexity index is 741. The predicted octanol–water partition coefficient (Wildman–Crippen LogP) is 1.15. The smallest absolute Gasteiger partial charge is 0.242 e. The standard InChI is InChI=1S/C17H24N4O4/c1-10-12(19-25-18-10)8-20(5)13(22)9-21-14(23)11-6-7-17(4,15(21)24)16(11,2)3/h11H,6-9H2,1-5H3/t11-,17+/m0/s1. The Labute approximate surface area is 146 Å². The highest BCUT2D eigenvalue weighted by Crippen LogP contribution is 2.59. The molecule has 1 saturated heterocycles. The van der Waals surface area contributed by atoms with Crippen LogP contribution in [0.15, 0.2) is 4.63 Å². The van der Waals surface area contributed by atoms with E-state index >= 15 is 0 Å². The number of rotatable bonds is 4. The van der Waals surface area contributed by atoms with Crippen LogP contribution in [0, 0.1) is 23.7 Å². The molecule has 2 bridgehead atoms. The molecule has 3 amide bonds. The molecule has 0 spiro atoms. The van der Waals surface area contributed by atoms with Crippen molar-refractivity contribution in [2.24, 2.45) is 16.7 Å². The normalized spacial score (nSPS) is 27.7. The molecule has 8 nitrogen and oxygen atoms in total. The first-order valence-corrected chi connectivity index (χ1v) is 8.47. The van der Waals surface area contributed by atoms with Gasteiger partial charge in [-0.2, -0.15) is 0 Å². The van der Waals surface area contributed by atoms with Gasteiger partial charge in [-0.1, -0.05) is 31.1 Å². The van der Waals surface area contributed by atoms with Gasteiger partial charge in [-0.3, -0.25) is 19.3 Å². The van der Waals surface area contributed by atoms with Gasteiger partial charge in [0.1, 0.15) is 17.9 Å². The number of aryl methyl sites for hydroxylation is 1. The van der Waals surface area contributed by atoms with E-state index < -0.39 is 5.41 Å². The Balaban J connectivity index is 1.74. The molecule has 0 radical (unpaired) electrons. The van der Waals surface area contributed by atoms with Gasteiger partial charge in [0.2, 0.25) is 17.7 Å². The monoisotopic (exact) mass is 348 g/mol. The molecule has 2 heterocycles. The number of hydrogen-bond acceptors (Lipinski definition) is 6. The molecule has 1 aromatic rings. The topological polar surface area (TPSA) is 96.6 Å². The Morgan fingerprint density at radius 1 is 1.32 bits per heavy atom. The summed E-state index contributed by atoms with van der Waals surface area (Å²) in [5.41, 5.74) is 0.185. The zero-order valence-electron chi connectivity index (χ0n) is 15.3. The van der Waals surface area contributed by atoms with Crippen LogP contribution in [0.1, 0.15) is 45.0 Å². The number of piperidine rings is 1. The largest absolute Gasteiger partial charge is 0.338 e. The van der Waals surface area contributed by atoms with Crippen molar-refractivity contribution in [3.8, 4) is 0 Å². The number of likely N-dealkylation sites (N-methyl/N-ethyl adjacent to an activating group) is 1. The minimum atomic E-state index is -0.600. The molecular formula is C17H24N4O4. The number of carbonyl (C=O) groups is 3. The quantitative estimate of drug-likeness (QED) is 0.757. The van der Waals surface area contributed by atoms with Crippen molar-refractivity contribution in [2.75, 3.05) is 13.6 Å². The summed E-state index contributed by atoms with van der Waals surface area (Å²) in [6.07, 6.45) is 1.37. The number of imide groups is 1. The number of hydrogen-bond donors (Lipinski definition) is 0. The number of aromatic nitrogens is 2. The van der Waals surface area contributed by atoms with Gasteiger partial charge in [-0.05, 0) is 25.2 Å². The van der Waals surface area contributed by atoms with Crippen molar-refractivity contribution in [3.63, 3.8) is 0 Å². The summed E-state index contributed by atoms with van der Waals surface area (Å²) in [5.74, 6) is -0.995. The summed E-state index contributed by atoms with van der Waals surface area (Å²) in [6.45, 7) is 7.59. The Kier molecular flexibility index (Phi) is 3.96. The Morgan fingerprint density at radius 2 is 2.00 bits per heavy atom.